The lowest BCUT2D eigenvalue weighted by Crippen LogP contribution is -2.27. The molecule has 0 saturated carbocycles. The molecule has 0 fully saturated rings. The SMILES string of the molecule is CC(CCNC(=O)c1cc(Cl)c(N)c(Cl)c1)S(C)=O. The Hall–Kier alpha value is -0.780. The van der Waals surface area contributed by atoms with Gasteiger partial charge in [-0.2, -0.15) is 0 Å². The highest BCUT2D eigenvalue weighted by Gasteiger charge is 2.12. The summed E-state index contributed by atoms with van der Waals surface area (Å²) in [6, 6.07) is 2.94. The van der Waals surface area contributed by atoms with E-state index in [1.165, 1.54) is 12.1 Å². The molecule has 0 aliphatic carbocycles. The Balaban J connectivity index is 2.62. The van der Waals surface area contributed by atoms with E-state index in [2.05, 4.69) is 5.32 Å². The van der Waals surface area contributed by atoms with Gasteiger partial charge in [0, 0.05) is 34.4 Å². The third-order valence-electron chi connectivity index (χ3n) is 2.74. The molecule has 0 aromatic heterocycles. The molecule has 3 N–H and O–H groups in total. The number of hydrogen-bond donors (Lipinski definition) is 2. The molecule has 0 aliphatic rings. The summed E-state index contributed by atoms with van der Waals surface area (Å²) in [7, 11) is -0.890. The Labute approximate surface area is 125 Å². The minimum absolute atomic E-state index is 0.0406. The zero-order chi connectivity index (χ0) is 14.6. The number of hydrogen-bond acceptors (Lipinski definition) is 3. The number of nitrogen functional groups attached to an aromatic ring is 1. The van der Waals surface area contributed by atoms with Crippen LogP contribution in [0.1, 0.15) is 23.7 Å². The fourth-order valence-corrected chi connectivity index (χ4v) is 2.31. The molecule has 1 aromatic carbocycles. The monoisotopic (exact) mass is 322 g/mol. The first kappa shape index (κ1) is 16.3. The van der Waals surface area contributed by atoms with E-state index in [-0.39, 0.29) is 26.9 Å². The number of rotatable bonds is 5. The van der Waals surface area contributed by atoms with Crippen molar-refractivity contribution in [2.24, 2.45) is 0 Å². The van der Waals surface area contributed by atoms with E-state index in [4.69, 9.17) is 28.9 Å². The van der Waals surface area contributed by atoms with Crippen LogP contribution in [0.15, 0.2) is 12.1 Å². The highest BCUT2D eigenvalue weighted by molar-refractivity contribution is 7.84. The van der Waals surface area contributed by atoms with E-state index in [0.717, 1.165) is 0 Å². The molecule has 4 nitrogen and oxygen atoms in total. The summed E-state index contributed by atoms with van der Waals surface area (Å²) in [6.07, 6.45) is 2.29. The van der Waals surface area contributed by atoms with Crippen molar-refractivity contribution in [3.8, 4) is 0 Å². The van der Waals surface area contributed by atoms with Crippen molar-refractivity contribution in [1.29, 1.82) is 0 Å². The summed E-state index contributed by atoms with van der Waals surface area (Å²) in [4.78, 5) is 11.9. The maximum Gasteiger partial charge on any atom is 0.251 e. The molecular weight excluding hydrogens is 307 g/mol. The normalized spacial score (nSPS) is 13.9. The van der Waals surface area contributed by atoms with Crippen LogP contribution in [0.5, 0.6) is 0 Å². The summed E-state index contributed by atoms with van der Waals surface area (Å²) < 4.78 is 11.2. The first-order chi connectivity index (χ1) is 8.82. The average molecular weight is 323 g/mol. The lowest BCUT2D eigenvalue weighted by atomic mass is 10.2. The average Bonchev–Trinajstić information content (AvgIpc) is 2.34. The van der Waals surface area contributed by atoms with Crippen LogP contribution in [0.4, 0.5) is 5.69 Å². The lowest BCUT2D eigenvalue weighted by molar-refractivity contribution is 0.0953. The minimum atomic E-state index is -0.890. The van der Waals surface area contributed by atoms with Crippen LogP contribution in [0.25, 0.3) is 0 Å². The van der Waals surface area contributed by atoms with E-state index in [1.807, 2.05) is 6.92 Å². The van der Waals surface area contributed by atoms with Gasteiger partial charge >= 0.3 is 0 Å². The predicted molar refractivity (Wildman–Crippen MR) is 81.4 cm³/mol. The molecule has 1 rings (SSSR count). The molecular formula is C12H16Cl2N2O2S. The third-order valence-corrected chi connectivity index (χ3v) is 4.74. The molecule has 1 amide bonds. The van der Waals surface area contributed by atoms with Crippen molar-refractivity contribution in [1.82, 2.24) is 5.32 Å². The van der Waals surface area contributed by atoms with Crippen LogP contribution < -0.4 is 11.1 Å². The van der Waals surface area contributed by atoms with Gasteiger partial charge in [0.1, 0.15) is 0 Å². The summed E-state index contributed by atoms with van der Waals surface area (Å²) in [6.45, 7) is 2.32. The minimum Gasteiger partial charge on any atom is -0.396 e. The maximum absolute atomic E-state index is 11.9. The van der Waals surface area contributed by atoms with Gasteiger partial charge in [-0.05, 0) is 18.6 Å². The molecule has 2 atom stereocenters. The van der Waals surface area contributed by atoms with Crippen molar-refractivity contribution in [3.05, 3.63) is 27.7 Å². The van der Waals surface area contributed by atoms with Gasteiger partial charge in [0.25, 0.3) is 5.91 Å². The lowest BCUT2D eigenvalue weighted by Gasteiger charge is -2.10. The highest BCUT2D eigenvalue weighted by atomic mass is 35.5. The maximum atomic E-state index is 11.9. The fourth-order valence-electron chi connectivity index (χ4n) is 1.37. The van der Waals surface area contributed by atoms with Crippen molar-refractivity contribution < 1.29 is 9.00 Å². The van der Waals surface area contributed by atoms with E-state index >= 15 is 0 Å². The van der Waals surface area contributed by atoms with E-state index in [1.54, 1.807) is 6.26 Å². The highest BCUT2D eigenvalue weighted by Crippen LogP contribution is 2.28. The second kappa shape index (κ2) is 7.12. The Morgan fingerprint density at radius 2 is 1.95 bits per heavy atom. The molecule has 0 saturated heterocycles. The van der Waals surface area contributed by atoms with Crippen LogP contribution in [-0.4, -0.2) is 28.2 Å². The van der Waals surface area contributed by atoms with Gasteiger partial charge in [-0.3, -0.25) is 9.00 Å². The summed E-state index contributed by atoms with van der Waals surface area (Å²) in [5.74, 6) is -0.280. The van der Waals surface area contributed by atoms with Gasteiger partial charge in [0.15, 0.2) is 0 Å². The van der Waals surface area contributed by atoms with Gasteiger partial charge in [0.2, 0.25) is 0 Å². The number of carbonyl (C=O) groups excluding carboxylic acids is 1. The Morgan fingerprint density at radius 1 is 1.42 bits per heavy atom. The van der Waals surface area contributed by atoms with Gasteiger partial charge in [-0.15, -0.1) is 0 Å². The van der Waals surface area contributed by atoms with Crippen LogP contribution in [-0.2, 0) is 10.8 Å². The number of nitrogens with one attached hydrogen (secondary N) is 1. The van der Waals surface area contributed by atoms with Crippen molar-refractivity contribution in [2.75, 3.05) is 18.5 Å². The Morgan fingerprint density at radius 3 is 2.42 bits per heavy atom. The van der Waals surface area contributed by atoms with E-state index in [9.17, 15) is 9.00 Å². The van der Waals surface area contributed by atoms with Crippen LogP contribution in [0, 0.1) is 0 Å². The molecule has 7 heteroatoms. The number of amides is 1. The number of benzene rings is 1. The summed E-state index contributed by atoms with van der Waals surface area (Å²) in [5.41, 5.74) is 6.21. The first-order valence-electron chi connectivity index (χ1n) is 5.68. The number of nitrogens with two attached hydrogens (primary N) is 1. The Kier molecular flexibility index (Phi) is 6.10. The van der Waals surface area contributed by atoms with Crippen molar-refractivity contribution >= 4 is 45.6 Å². The van der Waals surface area contributed by atoms with Gasteiger partial charge in [0.05, 0.1) is 15.7 Å². The second-order valence-electron chi connectivity index (χ2n) is 4.21. The quantitative estimate of drug-likeness (QED) is 0.818. The third kappa shape index (κ3) is 4.67. The largest absolute Gasteiger partial charge is 0.396 e. The molecule has 0 bridgehead atoms. The standard InChI is InChI=1S/C12H16Cl2N2O2S/c1-7(19(2)18)3-4-16-12(17)8-5-9(13)11(15)10(14)6-8/h5-7H,3-4,15H2,1-2H3,(H,16,17). The molecule has 0 radical (unpaired) electrons. The number of halogens is 2. The van der Waals surface area contributed by atoms with Crippen LogP contribution >= 0.6 is 23.2 Å². The smallest absolute Gasteiger partial charge is 0.251 e. The second-order valence-corrected chi connectivity index (χ2v) is 6.82. The predicted octanol–water partition coefficient (Wildman–Crippen LogP) is 2.46. The molecule has 1 aromatic rings. The summed E-state index contributed by atoms with van der Waals surface area (Å²) in [5, 5.41) is 3.27. The molecule has 0 heterocycles. The van der Waals surface area contributed by atoms with E-state index in [0.29, 0.717) is 18.5 Å². The van der Waals surface area contributed by atoms with Gasteiger partial charge in [-0.25, -0.2) is 0 Å². The molecule has 0 aliphatic heterocycles. The van der Waals surface area contributed by atoms with Crippen LogP contribution in [0.3, 0.4) is 0 Å². The van der Waals surface area contributed by atoms with Crippen molar-refractivity contribution in [2.45, 2.75) is 18.6 Å². The summed E-state index contributed by atoms with van der Waals surface area (Å²) >= 11 is 11.7. The molecule has 0 spiro atoms. The Bertz CT molecular complexity index is 485. The van der Waals surface area contributed by atoms with Gasteiger partial charge in [-0.1, -0.05) is 30.1 Å². The fraction of sp³-hybridized carbons (Fsp3) is 0.417. The van der Waals surface area contributed by atoms with Crippen molar-refractivity contribution in [3.63, 3.8) is 0 Å². The zero-order valence-electron chi connectivity index (χ0n) is 10.7. The first-order valence-corrected chi connectivity index (χ1v) is 8.05. The van der Waals surface area contributed by atoms with Gasteiger partial charge < -0.3 is 11.1 Å². The number of carbonyl (C=O) groups is 1. The molecule has 2 unspecified atom stereocenters. The van der Waals surface area contributed by atoms with Crippen LogP contribution in [0.2, 0.25) is 10.0 Å². The topological polar surface area (TPSA) is 72.2 Å². The molecule has 106 valence electrons. The zero-order valence-corrected chi connectivity index (χ0v) is 13.0. The number of anilines is 1. The van der Waals surface area contributed by atoms with E-state index < -0.39 is 10.8 Å². The molecule has 19 heavy (non-hydrogen) atoms.